The van der Waals surface area contributed by atoms with Gasteiger partial charge in [0.25, 0.3) is 0 Å². The monoisotopic (exact) mass is 264 g/mol. The molecular weight excluding hydrogens is 244 g/mol. The van der Waals surface area contributed by atoms with Crippen molar-refractivity contribution in [3.8, 4) is 0 Å². The molecule has 1 N–H and O–H groups in total. The number of ether oxygens (including phenoxy) is 1. The van der Waals surface area contributed by atoms with Crippen molar-refractivity contribution in [2.45, 2.75) is 38.2 Å². The predicted octanol–water partition coefficient (Wildman–Crippen LogP) is 1.62. The van der Waals surface area contributed by atoms with Crippen LogP contribution in [0.3, 0.4) is 0 Å². The normalized spacial score (nSPS) is 30.7. The van der Waals surface area contributed by atoms with Crippen molar-refractivity contribution in [2.24, 2.45) is 18.4 Å². The van der Waals surface area contributed by atoms with Gasteiger partial charge < -0.3 is 9.84 Å². The molecule has 3 rings (SSSR count). The molecule has 2 unspecified atom stereocenters. The Morgan fingerprint density at radius 2 is 2.42 bits per heavy atom. The van der Waals surface area contributed by atoms with Gasteiger partial charge in [-0.1, -0.05) is 0 Å². The number of hydrogen-bond acceptors (Lipinski definition) is 3. The predicted molar refractivity (Wildman–Crippen MR) is 68.7 cm³/mol. The van der Waals surface area contributed by atoms with Crippen LogP contribution < -0.4 is 0 Å². The third-order valence-corrected chi connectivity index (χ3v) is 4.62. The second-order valence-electron chi connectivity index (χ2n) is 5.79. The van der Waals surface area contributed by atoms with Gasteiger partial charge in [-0.3, -0.25) is 9.48 Å². The molecule has 1 aliphatic carbocycles. The molecule has 0 amide bonds. The molecule has 0 spiro atoms. The lowest BCUT2D eigenvalue weighted by Gasteiger charge is -2.30. The fourth-order valence-electron chi connectivity index (χ4n) is 3.26. The van der Waals surface area contributed by atoms with Crippen LogP contribution >= 0.6 is 0 Å². The molecule has 1 aromatic rings. The van der Waals surface area contributed by atoms with Crippen molar-refractivity contribution >= 4 is 5.97 Å². The lowest BCUT2D eigenvalue weighted by Crippen LogP contribution is -2.40. The van der Waals surface area contributed by atoms with Crippen LogP contribution in [0.15, 0.2) is 12.3 Å². The van der Waals surface area contributed by atoms with Crippen LogP contribution in [0.4, 0.5) is 0 Å². The summed E-state index contributed by atoms with van der Waals surface area (Å²) >= 11 is 0. The van der Waals surface area contributed by atoms with E-state index in [-0.39, 0.29) is 6.10 Å². The summed E-state index contributed by atoms with van der Waals surface area (Å²) in [6.07, 6.45) is 5.93. The third-order valence-electron chi connectivity index (χ3n) is 4.62. The highest BCUT2D eigenvalue weighted by molar-refractivity contribution is 5.76. The molecule has 1 saturated heterocycles. The van der Waals surface area contributed by atoms with Crippen molar-refractivity contribution in [2.75, 3.05) is 6.61 Å². The highest BCUT2D eigenvalue weighted by Gasteiger charge is 2.55. The van der Waals surface area contributed by atoms with E-state index in [1.807, 2.05) is 17.8 Å². The summed E-state index contributed by atoms with van der Waals surface area (Å²) in [5.41, 5.74) is 0.396. The first-order chi connectivity index (χ1) is 9.13. The zero-order valence-electron chi connectivity index (χ0n) is 11.2. The fourth-order valence-corrected chi connectivity index (χ4v) is 3.26. The SMILES string of the molecule is Cn1nccc1CCC1(C(=O)O)CCOC1C1CC1. The van der Waals surface area contributed by atoms with Crippen LogP contribution in [-0.2, 0) is 23.0 Å². The fraction of sp³-hybridized carbons (Fsp3) is 0.714. The maximum absolute atomic E-state index is 11.8. The Labute approximate surface area is 112 Å². The molecule has 0 radical (unpaired) electrons. The van der Waals surface area contributed by atoms with E-state index >= 15 is 0 Å². The molecule has 1 aliphatic heterocycles. The zero-order chi connectivity index (χ0) is 13.5. The number of carboxylic acid groups (broad SMARTS) is 1. The van der Waals surface area contributed by atoms with Gasteiger partial charge in [-0.05, 0) is 44.1 Å². The number of hydrogen-bond donors (Lipinski definition) is 1. The number of nitrogens with zero attached hydrogens (tertiary/aromatic N) is 2. The Balaban J connectivity index is 1.77. The molecule has 104 valence electrons. The van der Waals surface area contributed by atoms with E-state index in [4.69, 9.17) is 4.74 Å². The molecule has 1 aromatic heterocycles. The summed E-state index contributed by atoms with van der Waals surface area (Å²) in [5, 5.41) is 13.8. The second-order valence-corrected chi connectivity index (χ2v) is 5.79. The molecule has 2 atom stereocenters. The largest absolute Gasteiger partial charge is 0.481 e. The number of aromatic nitrogens is 2. The maximum Gasteiger partial charge on any atom is 0.312 e. The quantitative estimate of drug-likeness (QED) is 0.877. The van der Waals surface area contributed by atoms with Crippen LogP contribution in [0, 0.1) is 11.3 Å². The van der Waals surface area contributed by atoms with Gasteiger partial charge in [0.05, 0.1) is 11.5 Å². The highest BCUT2D eigenvalue weighted by Crippen LogP contribution is 2.50. The summed E-state index contributed by atoms with van der Waals surface area (Å²) in [5.74, 6) is -0.228. The molecule has 0 aromatic carbocycles. The number of carboxylic acids is 1. The van der Waals surface area contributed by atoms with Gasteiger partial charge in [0, 0.05) is 25.5 Å². The lowest BCUT2D eigenvalue weighted by molar-refractivity contribution is -0.153. The van der Waals surface area contributed by atoms with E-state index in [0.29, 0.717) is 25.4 Å². The van der Waals surface area contributed by atoms with Crippen molar-refractivity contribution in [1.82, 2.24) is 9.78 Å². The Morgan fingerprint density at radius 1 is 1.63 bits per heavy atom. The van der Waals surface area contributed by atoms with E-state index in [2.05, 4.69) is 5.10 Å². The van der Waals surface area contributed by atoms with Gasteiger partial charge in [-0.25, -0.2) is 0 Å². The number of aliphatic carboxylic acids is 1. The molecular formula is C14H20N2O3. The summed E-state index contributed by atoms with van der Waals surface area (Å²) in [7, 11) is 1.90. The van der Waals surface area contributed by atoms with E-state index in [0.717, 1.165) is 25.0 Å². The van der Waals surface area contributed by atoms with Gasteiger partial charge in [-0.2, -0.15) is 5.10 Å². The molecule has 19 heavy (non-hydrogen) atoms. The minimum Gasteiger partial charge on any atom is -0.481 e. The van der Waals surface area contributed by atoms with E-state index in [1.165, 1.54) is 0 Å². The first kappa shape index (κ1) is 12.7. The number of aryl methyl sites for hydroxylation is 2. The highest BCUT2D eigenvalue weighted by atomic mass is 16.5. The van der Waals surface area contributed by atoms with Gasteiger partial charge in [-0.15, -0.1) is 0 Å². The summed E-state index contributed by atoms with van der Waals surface area (Å²) in [6, 6.07) is 1.96. The maximum atomic E-state index is 11.8. The van der Waals surface area contributed by atoms with Crippen molar-refractivity contribution < 1.29 is 14.6 Å². The van der Waals surface area contributed by atoms with Gasteiger partial charge in [0.1, 0.15) is 0 Å². The van der Waals surface area contributed by atoms with Crippen molar-refractivity contribution in [3.05, 3.63) is 18.0 Å². The molecule has 5 heteroatoms. The van der Waals surface area contributed by atoms with Crippen LogP contribution in [0.2, 0.25) is 0 Å². The smallest absolute Gasteiger partial charge is 0.312 e. The second kappa shape index (κ2) is 4.63. The summed E-state index contributed by atoms with van der Waals surface area (Å²) in [6.45, 7) is 0.582. The topological polar surface area (TPSA) is 64.4 Å². The summed E-state index contributed by atoms with van der Waals surface area (Å²) in [4.78, 5) is 11.8. The van der Waals surface area contributed by atoms with E-state index in [9.17, 15) is 9.90 Å². The Hall–Kier alpha value is -1.36. The van der Waals surface area contributed by atoms with Crippen LogP contribution in [0.25, 0.3) is 0 Å². The molecule has 0 bridgehead atoms. The minimum atomic E-state index is -0.691. The Morgan fingerprint density at radius 3 is 3.00 bits per heavy atom. The first-order valence-electron chi connectivity index (χ1n) is 6.95. The molecule has 2 fully saturated rings. The lowest BCUT2D eigenvalue weighted by atomic mass is 9.75. The van der Waals surface area contributed by atoms with Crippen LogP contribution in [0.5, 0.6) is 0 Å². The van der Waals surface area contributed by atoms with Crippen LogP contribution in [0.1, 0.15) is 31.4 Å². The van der Waals surface area contributed by atoms with Crippen molar-refractivity contribution in [3.63, 3.8) is 0 Å². The Kier molecular flexibility index (Phi) is 3.09. The van der Waals surface area contributed by atoms with Gasteiger partial charge in [0.15, 0.2) is 0 Å². The average molecular weight is 264 g/mol. The van der Waals surface area contributed by atoms with Crippen molar-refractivity contribution in [1.29, 1.82) is 0 Å². The molecule has 5 nitrogen and oxygen atoms in total. The van der Waals surface area contributed by atoms with Gasteiger partial charge >= 0.3 is 5.97 Å². The average Bonchev–Trinajstić information content (AvgIpc) is 2.99. The number of carbonyl (C=O) groups is 1. The third kappa shape index (κ3) is 2.16. The molecule has 1 saturated carbocycles. The first-order valence-corrected chi connectivity index (χ1v) is 6.95. The zero-order valence-corrected chi connectivity index (χ0v) is 11.2. The molecule has 2 aliphatic rings. The van der Waals surface area contributed by atoms with Gasteiger partial charge in [0.2, 0.25) is 0 Å². The Bertz CT molecular complexity index is 481. The number of rotatable bonds is 5. The minimum absolute atomic E-state index is 0.0850. The van der Waals surface area contributed by atoms with E-state index in [1.54, 1.807) is 6.20 Å². The molecule has 2 heterocycles. The standard InChI is InChI=1S/C14H20N2O3/c1-16-11(5-8-15-16)4-6-14(13(17)18)7-9-19-12(14)10-2-3-10/h5,8,10,12H,2-4,6-7,9H2,1H3,(H,17,18). The van der Waals surface area contributed by atoms with Crippen LogP contribution in [-0.4, -0.2) is 33.6 Å². The summed E-state index contributed by atoms with van der Waals surface area (Å²) < 4.78 is 7.57. The van der Waals surface area contributed by atoms with E-state index < -0.39 is 11.4 Å².